The first-order valence-electron chi connectivity index (χ1n) is 8.22. The molecule has 1 aromatic carbocycles. The molecular weight excluding hydrogens is 415 g/mol. The Morgan fingerprint density at radius 3 is 2.42 bits per heavy atom. The monoisotopic (exact) mass is 440 g/mol. The van der Waals surface area contributed by atoms with E-state index in [9.17, 15) is 5.11 Å². The number of ether oxygens (including phenoxy) is 1. The van der Waals surface area contributed by atoms with Gasteiger partial charge < -0.3 is 15.2 Å². The molecule has 7 heteroatoms. The van der Waals surface area contributed by atoms with E-state index >= 15 is 0 Å². The molecule has 1 aromatic rings. The average molecular weight is 442 g/mol. The number of benzene rings is 1. The zero-order valence-corrected chi connectivity index (χ0v) is 17.2. The van der Waals surface area contributed by atoms with E-state index in [4.69, 9.17) is 4.74 Å². The van der Waals surface area contributed by atoms with Gasteiger partial charge in [0, 0.05) is 37.8 Å². The van der Waals surface area contributed by atoms with Crippen LogP contribution in [-0.4, -0.2) is 43.3 Å². The molecule has 3 rings (SSSR count). The number of piperazine rings is 1. The molecule has 0 aromatic heterocycles. The summed E-state index contributed by atoms with van der Waals surface area (Å²) in [5.74, 6) is 1.80. The molecule has 1 saturated heterocycles. The number of nitrogens with one attached hydrogen (secondary N) is 1. The van der Waals surface area contributed by atoms with Gasteiger partial charge in [-0.3, -0.25) is 4.90 Å². The summed E-state index contributed by atoms with van der Waals surface area (Å²) >= 11 is 3.48. The van der Waals surface area contributed by atoms with Crippen molar-refractivity contribution in [1.29, 1.82) is 0 Å². The van der Waals surface area contributed by atoms with Gasteiger partial charge in [-0.25, -0.2) is 0 Å². The maximum Gasteiger partial charge on any atom is 0.134 e. The molecule has 0 unspecified atom stereocenters. The molecule has 2 fully saturated rings. The van der Waals surface area contributed by atoms with Crippen molar-refractivity contribution in [3.63, 3.8) is 0 Å². The summed E-state index contributed by atoms with van der Waals surface area (Å²) in [6, 6.07) is 4.14. The third-order valence-corrected chi connectivity index (χ3v) is 5.62. The molecule has 24 heavy (non-hydrogen) atoms. The van der Waals surface area contributed by atoms with Crippen molar-refractivity contribution in [3.05, 3.63) is 22.2 Å². The fourth-order valence-electron chi connectivity index (χ4n) is 3.92. The van der Waals surface area contributed by atoms with Crippen LogP contribution < -0.4 is 10.1 Å². The van der Waals surface area contributed by atoms with Gasteiger partial charge in [-0.05, 0) is 46.8 Å². The minimum absolute atomic E-state index is 0. The number of methoxy groups -OCH3 is 1. The van der Waals surface area contributed by atoms with Crippen LogP contribution in [0.1, 0.15) is 37.3 Å². The van der Waals surface area contributed by atoms with Crippen molar-refractivity contribution in [2.24, 2.45) is 5.92 Å². The Balaban J connectivity index is 0.00000144. The summed E-state index contributed by atoms with van der Waals surface area (Å²) in [7, 11) is 1.68. The fourth-order valence-corrected chi connectivity index (χ4v) is 4.37. The van der Waals surface area contributed by atoms with Crippen molar-refractivity contribution in [2.75, 3.05) is 33.3 Å². The Morgan fingerprint density at radius 2 is 1.83 bits per heavy atom. The predicted octanol–water partition coefficient (Wildman–Crippen LogP) is 4.14. The Morgan fingerprint density at radius 1 is 1.21 bits per heavy atom. The van der Waals surface area contributed by atoms with Gasteiger partial charge in [0.15, 0.2) is 0 Å². The lowest BCUT2D eigenvalue weighted by molar-refractivity contribution is 0.123. The van der Waals surface area contributed by atoms with Crippen LogP contribution in [0.5, 0.6) is 11.5 Å². The third-order valence-electron chi connectivity index (χ3n) is 5.01. The topological polar surface area (TPSA) is 44.7 Å². The molecular formula is C17H27BrCl2N2O2. The van der Waals surface area contributed by atoms with Gasteiger partial charge in [0.25, 0.3) is 0 Å². The number of halogens is 3. The van der Waals surface area contributed by atoms with Crippen molar-refractivity contribution < 1.29 is 9.84 Å². The Hall–Kier alpha value is -0.200. The molecule has 0 amide bonds. The number of hydrogen-bond donors (Lipinski definition) is 2. The van der Waals surface area contributed by atoms with E-state index in [0.717, 1.165) is 42.0 Å². The number of rotatable bonds is 4. The van der Waals surface area contributed by atoms with Gasteiger partial charge in [-0.2, -0.15) is 0 Å². The second-order valence-electron chi connectivity index (χ2n) is 6.32. The van der Waals surface area contributed by atoms with Crippen LogP contribution in [0.2, 0.25) is 0 Å². The van der Waals surface area contributed by atoms with Gasteiger partial charge >= 0.3 is 0 Å². The molecule has 1 aliphatic carbocycles. The smallest absolute Gasteiger partial charge is 0.134 e. The highest BCUT2D eigenvalue weighted by Crippen LogP contribution is 2.45. The maximum atomic E-state index is 10.6. The summed E-state index contributed by atoms with van der Waals surface area (Å²) in [6.45, 7) is 4.12. The summed E-state index contributed by atoms with van der Waals surface area (Å²) in [4.78, 5) is 2.54. The van der Waals surface area contributed by atoms with Crippen LogP contribution in [0.3, 0.4) is 0 Å². The Kier molecular flexibility index (Phi) is 9.17. The second-order valence-corrected chi connectivity index (χ2v) is 7.18. The van der Waals surface area contributed by atoms with E-state index in [1.807, 2.05) is 12.1 Å². The maximum absolute atomic E-state index is 10.6. The zero-order chi connectivity index (χ0) is 15.5. The van der Waals surface area contributed by atoms with Crippen molar-refractivity contribution in [1.82, 2.24) is 10.2 Å². The van der Waals surface area contributed by atoms with Crippen molar-refractivity contribution in [3.8, 4) is 11.5 Å². The number of hydrogen-bond acceptors (Lipinski definition) is 4. The average Bonchev–Trinajstić information content (AvgIpc) is 3.06. The Labute approximate surface area is 165 Å². The quantitative estimate of drug-likeness (QED) is 0.736. The highest BCUT2D eigenvalue weighted by molar-refractivity contribution is 9.10. The van der Waals surface area contributed by atoms with Gasteiger partial charge in [-0.1, -0.05) is 12.8 Å². The van der Waals surface area contributed by atoms with Crippen LogP contribution in [0, 0.1) is 5.92 Å². The van der Waals surface area contributed by atoms with E-state index < -0.39 is 0 Å². The van der Waals surface area contributed by atoms with Crippen LogP contribution in [0.4, 0.5) is 0 Å². The van der Waals surface area contributed by atoms with Crippen LogP contribution in [0.25, 0.3) is 0 Å². The normalized spacial score (nSPS) is 20.1. The fraction of sp³-hybridized carbons (Fsp3) is 0.647. The first-order chi connectivity index (χ1) is 10.7. The molecule has 0 bridgehead atoms. The molecule has 1 saturated carbocycles. The largest absolute Gasteiger partial charge is 0.506 e. The number of nitrogens with zero attached hydrogens (tertiary/aromatic N) is 1. The summed E-state index contributed by atoms with van der Waals surface area (Å²) in [6.07, 6.45) is 5.12. The summed E-state index contributed by atoms with van der Waals surface area (Å²) in [5, 5.41) is 14.1. The van der Waals surface area contributed by atoms with E-state index in [2.05, 4.69) is 26.1 Å². The van der Waals surface area contributed by atoms with Gasteiger partial charge in [0.05, 0.1) is 11.6 Å². The molecule has 1 heterocycles. The SMILES string of the molecule is COc1cc(Br)c(O)c([C@H](C2CCCC2)N2CCNCC2)c1.Cl.Cl. The number of aromatic hydroxyl groups is 1. The molecule has 0 spiro atoms. The lowest BCUT2D eigenvalue weighted by atomic mass is 9.89. The van der Waals surface area contributed by atoms with Gasteiger partial charge in [-0.15, -0.1) is 24.8 Å². The predicted molar refractivity (Wildman–Crippen MR) is 106 cm³/mol. The molecule has 1 aliphatic heterocycles. The third kappa shape index (κ3) is 4.70. The Bertz CT molecular complexity index is 522. The standard InChI is InChI=1S/C17H25BrN2O2.2ClH/c1-22-13-10-14(17(21)15(18)11-13)16(12-4-2-3-5-12)20-8-6-19-7-9-20;;/h10-12,16,19,21H,2-9H2,1H3;2*1H/t16-;;/m0../s1. The molecule has 0 radical (unpaired) electrons. The molecule has 1 atom stereocenters. The van der Waals surface area contributed by atoms with Crippen molar-refractivity contribution >= 4 is 40.7 Å². The molecule has 4 nitrogen and oxygen atoms in total. The van der Waals surface area contributed by atoms with Crippen LogP contribution in [-0.2, 0) is 0 Å². The molecule has 2 N–H and O–H groups in total. The minimum atomic E-state index is 0. The van der Waals surface area contributed by atoms with Crippen LogP contribution in [0.15, 0.2) is 16.6 Å². The first kappa shape index (κ1) is 21.8. The molecule has 138 valence electrons. The number of phenols is 1. The van der Waals surface area contributed by atoms with Crippen molar-refractivity contribution in [2.45, 2.75) is 31.7 Å². The molecule has 2 aliphatic rings. The van der Waals surface area contributed by atoms with E-state index in [1.165, 1.54) is 25.7 Å². The summed E-state index contributed by atoms with van der Waals surface area (Å²) < 4.78 is 6.14. The highest BCUT2D eigenvalue weighted by Gasteiger charge is 2.34. The lowest BCUT2D eigenvalue weighted by Crippen LogP contribution is -2.46. The van der Waals surface area contributed by atoms with Crippen LogP contribution >= 0.6 is 40.7 Å². The summed E-state index contributed by atoms with van der Waals surface area (Å²) in [5.41, 5.74) is 1.01. The van der Waals surface area contributed by atoms with E-state index in [1.54, 1.807) is 7.11 Å². The lowest BCUT2D eigenvalue weighted by Gasteiger charge is -2.39. The second kappa shape index (κ2) is 10.1. The van der Waals surface area contributed by atoms with E-state index in [-0.39, 0.29) is 30.9 Å². The highest BCUT2D eigenvalue weighted by atomic mass is 79.9. The van der Waals surface area contributed by atoms with Gasteiger partial charge in [0.2, 0.25) is 0 Å². The number of phenolic OH excluding ortho intramolecular Hbond substituents is 1. The first-order valence-corrected chi connectivity index (χ1v) is 9.01. The van der Waals surface area contributed by atoms with Gasteiger partial charge in [0.1, 0.15) is 11.5 Å². The zero-order valence-electron chi connectivity index (χ0n) is 14.0. The van der Waals surface area contributed by atoms with E-state index in [0.29, 0.717) is 11.7 Å². The minimum Gasteiger partial charge on any atom is -0.506 e.